The van der Waals surface area contributed by atoms with Crippen LogP contribution < -0.4 is 14.8 Å². The van der Waals surface area contributed by atoms with Gasteiger partial charge in [-0.2, -0.15) is 0 Å². The fourth-order valence-corrected chi connectivity index (χ4v) is 3.11. The van der Waals surface area contributed by atoms with Gasteiger partial charge >= 0.3 is 5.82 Å². The molecule has 2 aromatic heterocycles. The normalized spacial score (nSPS) is 14.3. The summed E-state index contributed by atoms with van der Waals surface area (Å²) >= 11 is 0. The van der Waals surface area contributed by atoms with Crippen LogP contribution in [0.4, 0.5) is 11.6 Å². The monoisotopic (exact) mass is 369 g/mol. The van der Waals surface area contributed by atoms with Gasteiger partial charge in [0.1, 0.15) is 19.4 Å². The van der Waals surface area contributed by atoms with Crippen molar-refractivity contribution in [1.82, 2.24) is 14.6 Å². The largest absolute Gasteiger partial charge is 0.486 e. The molecule has 0 spiro atoms. The minimum absolute atomic E-state index is 0.0617. The molecule has 1 atom stereocenters. The van der Waals surface area contributed by atoms with Crippen LogP contribution in [-0.4, -0.2) is 32.7 Å². The van der Waals surface area contributed by atoms with E-state index in [1.54, 1.807) is 12.1 Å². The second kappa shape index (κ2) is 6.75. The van der Waals surface area contributed by atoms with E-state index >= 15 is 0 Å². The third kappa shape index (κ3) is 3.23. The van der Waals surface area contributed by atoms with Gasteiger partial charge in [-0.05, 0) is 34.6 Å². The maximum absolute atomic E-state index is 11.1. The number of fused-ring (bicyclic) bond motifs is 2. The first-order valence-corrected chi connectivity index (χ1v) is 8.68. The van der Waals surface area contributed by atoms with Gasteiger partial charge in [-0.15, -0.1) is 0 Å². The van der Waals surface area contributed by atoms with E-state index in [1.165, 1.54) is 10.7 Å². The minimum atomic E-state index is -0.502. The Kier molecular flexibility index (Phi) is 4.27. The smallest absolute Gasteiger partial charge is 0.368 e. The summed E-state index contributed by atoms with van der Waals surface area (Å²) < 4.78 is 12.5. The Bertz CT molecular complexity index is 1000. The number of benzene rings is 1. The lowest BCUT2D eigenvalue weighted by Crippen LogP contribution is -2.20. The summed E-state index contributed by atoms with van der Waals surface area (Å²) in [6, 6.07) is 9.25. The lowest BCUT2D eigenvalue weighted by molar-refractivity contribution is -0.391. The van der Waals surface area contributed by atoms with E-state index in [0.717, 1.165) is 17.1 Å². The average Bonchev–Trinajstić information content (AvgIpc) is 3.09. The van der Waals surface area contributed by atoms with E-state index in [0.29, 0.717) is 24.7 Å². The molecule has 9 nitrogen and oxygen atoms in total. The van der Waals surface area contributed by atoms with Gasteiger partial charge in [-0.25, -0.2) is 4.98 Å². The van der Waals surface area contributed by atoms with Crippen molar-refractivity contribution in [2.75, 3.05) is 18.5 Å². The molecule has 1 aliphatic rings. The molecular weight excluding hydrogens is 350 g/mol. The lowest BCUT2D eigenvalue weighted by Gasteiger charge is -2.25. The van der Waals surface area contributed by atoms with Crippen molar-refractivity contribution in [3.8, 4) is 11.5 Å². The van der Waals surface area contributed by atoms with Crippen LogP contribution in [0, 0.1) is 16.0 Å². The number of imidazole rings is 1. The highest BCUT2D eigenvalue weighted by Crippen LogP contribution is 2.35. The van der Waals surface area contributed by atoms with Crippen molar-refractivity contribution in [3.05, 3.63) is 52.2 Å². The van der Waals surface area contributed by atoms with Crippen LogP contribution in [-0.2, 0) is 0 Å². The van der Waals surface area contributed by atoms with Gasteiger partial charge in [-0.1, -0.05) is 29.5 Å². The Labute approximate surface area is 155 Å². The van der Waals surface area contributed by atoms with Crippen molar-refractivity contribution in [2.24, 2.45) is 5.92 Å². The molecule has 0 radical (unpaired) electrons. The van der Waals surface area contributed by atoms with E-state index < -0.39 is 4.92 Å². The summed E-state index contributed by atoms with van der Waals surface area (Å²) in [4.78, 5) is 14.6. The van der Waals surface area contributed by atoms with Crippen LogP contribution in [0.5, 0.6) is 11.5 Å². The zero-order valence-electron chi connectivity index (χ0n) is 15.0. The molecule has 27 heavy (non-hydrogen) atoms. The van der Waals surface area contributed by atoms with Gasteiger partial charge in [0.15, 0.2) is 17.3 Å². The Balaban J connectivity index is 1.66. The molecular formula is C18H19N5O4. The van der Waals surface area contributed by atoms with Crippen molar-refractivity contribution in [1.29, 1.82) is 0 Å². The fourth-order valence-electron chi connectivity index (χ4n) is 3.11. The Hall–Kier alpha value is -3.36. The maximum Gasteiger partial charge on any atom is 0.368 e. The van der Waals surface area contributed by atoms with Crippen LogP contribution >= 0.6 is 0 Å². The second-order valence-corrected chi connectivity index (χ2v) is 6.63. The number of anilines is 1. The van der Waals surface area contributed by atoms with Gasteiger partial charge in [-0.3, -0.25) is 0 Å². The summed E-state index contributed by atoms with van der Waals surface area (Å²) in [7, 11) is 0. The summed E-state index contributed by atoms with van der Waals surface area (Å²) in [6.45, 7) is 5.25. The third-order valence-electron chi connectivity index (χ3n) is 4.43. The van der Waals surface area contributed by atoms with E-state index in [9.17, 15) is 10.1 Å². The molecule has 1 unspecified atom stereocenters. The molecule has 1 aliphatic heterocycles. The molecule has 0 aliphatic carbocycles. The van der Waals surface area contributed by atoms with Crippen LogP contribution in [0.3, 0.4) is 0 Å². The minimum Gasteiger partial charge on any atom is -0.486 e. The highest BCUT2D eigenvalue weighted by Gasteiger charge is 2.22. The van der Waals surface area contributed by atoms with Crippen LogP contribution in [0.2, 0.25) is 0 Å². The first-order valence-electron chi connectivity index (χ1n) is 8.68. The van der Waals surface area contributed by atoms with Crippen molar-refractivity contribution in [2.45, 2.75) is 19.9 Å². The number of ether oxygens (including phenoxy) is 2. The SMILES string of the molecule is CC(C)C(Nc1ccc2ncc([N+](=O)[O-])n2n1)c1ccc2c(c1)OCCO2. The second-order valence-electron chi connectivity index (χ2n) is 6.63. The lowest BCUT2D eigenvalue weighted by atomic mass is 9.95. The average molecular weight is 369 g/mol. The van der Waals surface area contributed by atoms with Gasteiger partial charge < -0.3 is 24.9 Å². The maximum atomic E-state index is 11.1. The number of aromatic nitrogens is 3. The molecule has 9 heteroatoms. The highest BCUT2D eigenvalue weighted by atomic mass is 16.6. The summed E-state index contributed by atoms with van der Waals surface area (Å²) in [6.07, 6.45) is 1.20. The van der Waals surface area contributed by atoms with Crippen LogP contribution in [0.25, 0.3) is 5.65 Å². The van der Waals surface area contributed by atoms with E-state index in [-0.39, 0.29) is 17.8 Å². The van der Waals surface area contributed by atoms with Gasteiger partial charge in [0.25, 0.3) is 0 Å². The van der Waals surface area contributed by atoms with Crippen molar-refractivity contribution >= 4 is 17.3 Å². The third-order valence-corrected chi connectivity index (χ3v) is 4.43. The quantitative estimate of drug-likeness (QED) is 0.544. The van der Waals surface area contributed by atoms with Crippen molar-refractivity contribution < 1.29 is 14.4 Å². The predicted molar refractivity (Wildman–Crippen MR) is 98.3 cm³/mol. The molecule has 0 saturated heterocycles. The van der Waals surface area contributed by atoms with E-state index in [1.807, 2.05) is 18.2 Å². The number of hydrogen-bond donors (Lipinski definition) is 1. The van der Waals surface area contributed by atoms with E-state index in [4.69, 9.17) is 9.47 Å². The molecule has 140 valence electrons. The predicted octanol–water partition coefficient (Wildman–Crippen LogP) is 3.22. The Morgan fingerprint density at radius 3 is 2.70 bits per heavy atom. The zero-order chi connectivity index (χ0) is 19.0. The number of nitrogens with one attached hydrogen (secondary N) is 1. The summed E-state index contributed by atoms with van der Waals surface area (Å²) in [5.74, 6) is 2.05. The number of nitro groups is 1. The van der Waals surface area contributed by atoms with Crippen LogP contribution in [0.15, 0.2) is 36.5 Å². The first-order chi connectivity index (χ1) is 13.0. The van der Waals surface area contributed by atoms with Gasteiger partial charge in [0.2, 0.25) is 5.65 Å². The number of rotatable bonds is 5. The fraction of sp³-hybridized carbons (Fsp3) is 0.333. The van der Waals surface area contributed by atoms with Gasteiger partial charge in [0.05, 0.1) is 6.04 Å². The van der Waals surface area contributed by atoms with E-state index in [2.05, 4.69) is 29.2 Å². The molecule has 4 rings (SSSR count). The molecule has 3 aromatic rings. The molecule has 1 N–H and O–H groups in total. The standard InChI is InChI=1S/C18H19N5O4/c1-11(2)18(12-3-4-13-14(9-12)27-8-7-26-13)20-15-5-6-16-19-10-17(23(24)25)22(16)21-15/h3-6,9-11,18H,7-8H2,1-2H3,(H,20,21). The number of nitrogens with zero attached hydrogens (tertiary/aromatic N) is 4. The zero-order valence-corrected chi connectivity index (χ0v) is 15.0. The molecule has 0 fully saturated rings. The molecule has 3 heterocycles. The summed E-state index contributed by atoms with van der Waals surface area (Å²) in [5, 5.41) is 18.8. The molecule has 0 saturated carbocycles. The Morgan fingerprint density at radius 1 is 1.19 bits per heavy atom. The molecule has 0 bridgehead atoms. The highest BCUT2D eigenvalue weighted by molar-refractivity contribution is 5.50. The van der Waals surface area contributed by atoms with Crippen molar-refractivity contribution in [3.63, 3.8) is 0 Å². The topological polar surface area (TPSA) is 104 Å². The number of hydrogen-bond acceptors (Lipinski definition) is 7. The summed E-state index contributed by atoms with van der Waals surface area (Å²) in [5.41, 5.74) is 1.45. The van der Waals surface area contributed by atoms with Gasteiger partial charge in [0, 0.05) is 6.07 Å². The molecule has 1 aromatic carbocycles. The Morgan fingerprint density at radius 2 is 1.96 bits per heavy atom. The molecule has 0 amide bonds. The first kappa shape index (κ1) is 17.1. The van der Waals surface area contributed by atoms with Crippen LogP contribution in [0.1, 0.15) is 25.5 Å².